The number of halogens is 2. The summed E-state index contributed by atoms with van der Waals surface area (Å²) in [5.41, 5.74) is 10.2. The summed E-state index contributed by atoms with van der Waals surface area (Å²) in [6, 6.07) is 18.7. The Bertz CT molecular complexity index is 1060. The molecule has 6 heteroatoms. The molecule has 24 heavy (non-hydrogen) atoms. The molecule has 0 atom stereocenters. The Hall–Kier alpha value is -2.56. The molecule has 0 saturated carbocycles. The molecule has 0 fully saturated rings. The van der Waals surface area contributed by atoms with Gasteiger partial charge in [-0.05, 0) is 24.3 Å². The fraction of sp³-hybridized carbons (Fsp3) is 0. The quantitative estimate of drug-likeness (QED) is 0.553. The molecule has 118 valence electrons. The molecule has 0 aliphatic heterocycles. The zero-order valence-electron chi connectivity index (χ0n) is 12.4. The molecule has 0 amide bonds. The van der Waals surface area contributed by atoms with Crippen LogP contribution in [-0.2, 0) is 0 Å². The average molecular weight is 355 g/mol. The summed E-state index contributed by atoms with van der Waals surface area (Å²) in [6.45, 7) is 0. The van der Waals surface area contributed by atoms with E-state index in [2.05, 4.69) is 10.1 Å². The van der Waals surface area contributed by atoms with Crippen LogP contribution in [0.4, 0.5) is 5.82 Å². The second-order valence-electron chi connectivity index (χ2n) is 5.39. The van der Waals surface area contributed by atoms with Gasteiger partial charge >= 0.3 is 0 Å². The van der Waals surface area contributed by atoms with Gasteiger partial charge in [0.1, 0.15) is 5.82 Å². The van der Waals surface area contributed by atoms with Crippen molar-refractivity contribution >= 4 is 34.7 Å². The van der Waals surface area contributed by atoms with Gasteiger partial charge in [0.05, 0.1) is 11.4 Å². The summed E-state index contributed by atoms with van der Waals surface area (Å²) in [5, 5.41) is 5.83. The van der Waals surface area contributed by atoms with E-state index in [1.54, 1.807) is 10.6 Å². The number of anilines is 1. The van der Waals surface area contributed by atoms with Crippen LogP contribution in [0, 0.1) is 0 Å². The zero-order chi connectivity index (χ0) is 16.7. The summed E-state index contributed by atoms with van der Waals surface area (Å²) in [7, 11) is 0. The lowest BCUT2D eigenvalue weighted by molar-refractivity contribution is 0.957. The number of nitrogen functional groups attached to an aromatic ring is 1. The summed E-state index contributed by atoms with van der Waals surface area (Å²) < 4.78 is 1.62. The maximum atomic E-state index is 6.16. The molecular formula is C18H12Cl2N4. The molecule has 0 bridgehead atoms. The van der Waals surface area contributed by atoms with Crippen molar-refractivity contribution in [1.29, 1.82) is 0 Å². The van der Waals surface area contributed by atoms with Gasteiger partial charge in [0.25, 0.3) is 0 Å². The fourth-order valence-electron chi connectivity index (χ4n) is 2.58. The van der Waals surface area contributed by atoms with E-state index in [1.807, 2.05) is 54.6 Å². The van der Waals surface area contributed by atoms with Crippen LogP contribution in [0.3, 0.4) is 0 Å². The molecular weight excluding hydrogens is 343 g/mol. The first-order chi connectivity index (χ1) is 11.6. The van der Waals surface area contributed by atoms with Crippen LogP contribution in [-0.4, -0.2) is 14.6 Å². The second-order valence-corrected chi connectivity index (χ2v) is 6.26. The molecule has 2 heterocycles. The summed E-state index contributed by atoms with van der Waals surface area (Å²) in [5.74, 6) is 0.503. The predicted molar refractivity (Wildman–Crippen MR) is 98.3 cm³/mol. The number of nitrogens with two attached hydrogens (primary N) is 1. The van der Waals surface area contributed by atoms with Gasteiger partial charge in [0.15, 0.2) is 5.65 Å². The van der Waals surface area contributed by atoms with E-state index >= 15 is 0 Å². The predicted octanol–water partition coefficient (Wildman–Crippen LogP) is 4.95. The number of benzene rings is 2. The molecule has 4 aromatic rings. The van der Waals surface area contributed by atoms with Crippen LogP contribution in [0.1, 0.15) is 0 Å². The zero-order valence-corrected chi connectivity index (χ0v) is 14.0. The van der Waals surface area contributed by atoms with Crippen LogP contribution in [0.25, 0.3) is 28.2 Å². The van der Waals surface area contributed by atoms with E-state index in [0.29, 0.717) is 21.5 Å². The summed E-state index contributed by atoms with van der Waals surface area (Å²) in [6.07, 6.45) is 0. The van der Waals surface area contributed by atoms with E-state index in [9.17, 15) is 0 Å². The SMILES string of the molecule is Nc1cc(-c2cccc(Cl)c2)nc2cc(-c3cccc(Cl)c3)nn12. The Balaban J connectivity index is 1.87. The molecule has 2 aromatic heterocycles. The molecule has 4 nitrogen and oxygen atoms in total. The van der Waals surface area contributed by atoms with Gasteiger partial charge in [-0.2, -0.15) is 9.61 Å². The van der Waals surface area contributed by atoms with E-state index < -0.39 is 0 Å². The average Bonchev–Trinajstić information content (AvgIpc) is 3.00. The van der Waals surface area contributed by atoms with Crippen LogP contribution in [0.5, 0.6) is 0 Å². The van der Waals surface area contributed by atoms with Crippen molar-refractivity contribution < 1.29 is 0 Å². The van der Waals surface area contributed by atoms with Gasteiger partial charge < -0.3 is 5.73 Å². The standard InChI is InChI=1S/C18H12Cl2N4/c19-13-5-1-3-11(7-13)15-9-17(21)24-18(22-15)10-16(23-24)12-4-2-6-14(20)8-12/h1-10H,21H2. The number of aromatic nitrogens is 3. The molecule has 4 rings (SSSR count). The van der Waals surface area contributed by atoms with Crippen molar-refractivity contribution in [2.75, 3.05) is 5.73 Å². The molecule has 0 spiro atoms. The molecule has 0 radical (unpaired) electrons. The third kappa shape index (κ3) is 2.70. The Kier molecular flexibility index (Phi) is 3.63. The van der Waals surface area contributed by atoms with Crippen molar-refractivity contribution in [3.8, 4) is 22.5 Å². The van der Waals surface area contributed by atoms with Gasteiger partial charge in [-0.3, -0.25) is 0 Å². The molecule has 0 aliphatic carbocycles. The largest absolute Gasteiger partial charge is 0.384 e. The highest BCUT2D eigenvalue weighted by atomic mass is 35.5. The van der Waals surface area contributed by atoms with E-state index in [4.69, 9.17) is 28.9 Å². The number of nitrogens with zero attached hydrogens (tertiary/aromatic N) is 3. The first-order valence-corrected chi connectivity index (χ1v) is 8.04. The minimum atomic E-state index is 0.503. The topological polar surface area (TPSA) is 56.2 Å². The van der Waals surface area contributed by atoms with Gasteiger partial charge in [-0.15, -0.1) is 0 Å². The first-order valence-electron chi connectivity index (χ1n) is 7.28. The number of hydrogen-bond acceptors (Lipinski definition) is 3. The first kappa shape index (κ1) is 15.0. The third-order valence-corrected chi connectivity index (χ3v) is 4.17. The summed E-state index contributed by atoms with van der Waals surface area (Å²) >= 11 is 12.1. The van der Waals surface area contributed by atoms with Crippen LogP contribution >= 0.6 is 23.2 Å². The van der Waals surface area contributed by atoms with E-state index in [0.717, 1.165) is 22.5 Å². The van der Waals surface area contributed by atoms with Crippen molar-refractivity contribution in [3.05, 3.63) is 70.7 Å². The van der Waals surface area contributed by atoms with Crippen molar-refractivity contribution in [2.45, 2.75) is 0 Å². The lowest BCUT2D eigenvalue weighted by Crippen LogP contribution is -2.01. The van der Waals surface area contributed by atoms with Crippen LogP contribution in [0.2, 0.25) is 10.0 Å². The molecule has 0 saturated heterocycles. The monoisotopic (exact) mass is 354 g/mol. The Morgan fingerprint density at radius 2 is 1.42 bits per heavy atom. The van der Waals surface area contributed by atoms with Gasteiger partial charge in [-0.1, -0.05) is 47.5 Å². The Morgan fingerprint density at radius 3 is 2.04 bits per heavy atom. The van der Waals surface area contributed by atoms with Crippen molar-refractivity contribution in [2.24, 2.45) is 0 Å². The minimum Gasteiger partial charge on any atom is -0.384 e. The van der Waals surface area contributed by atoms with E-state index in [1.165, 1.54) is 0 Å². The smallest absolute Gasteiger partial charge is 0.158 e. The molecule has 2 aromatic carbocycles. The fourth-order valence-corrected chi connectivity index (χ4v) is 2.96. The maximum Gasteiger partial charge on any atom is 0.158 e. The highest BCUT2D eigenvalue weighted by Crippen LogP contribution is 2.27. The lowest BCUT2D eigenvalue weighted by atomic mass is 10.1. The van der Waals surface area contributed by atoms with Crippen LogP contribution in [0.15, 0.2) is 60.7 Å². The lowest BCUT2D eigenvalue weighted by Gasteiger charge is -2.04. The van der Waals surface area contributed by atoms with Crippen molar-refractivity contribution in [3.63, 3.8) is 0 Å². The Labute approximate surface area is 148 Å². The highest BCUT2D eigenvalue weighted by Gasteiger charge is 2.11. The number of hydrogen-bond donors (Lipinski definition) is 1. The number of fused-ring (bicyclic) bond motifs is 1. The number of rotatable bonds is 2. The Morgan fingerprint density at radius 1 is 0.792 bits per heavy atom. The maximum absolute atomic E-state index is 6.16. The third-order valence-electron chi connectivity index (χ3n) is 3.70. The molecule has 0 aliphatic rings. The van der Waals surface area contributed by atoms with Gasteiger partial charge in [0.2, 0.25) is 0 Å². The molecule has 2 N–H and O–H groups in total. The van der Waals surface area contributed by atoms with Gasteiger partial charge in [-0.25, -0.2) is 4.98 Å². The normalized spacial score (nSPS) is 11.1. The van der Waals surface area contributed by atoms with Crippen LogP contribution < -0.4 is 5.73 Å². The summed E-state index contributed by atoms with van der Waals surface area (Å²) in [4.78, 5) is 4.64. The van der Waals surface area contributed by atoms with Gasteiger partial charge in [0, 0.05) is 33.3 Å². The molecule has 0 unspecified atom stereocenters. The highest BCUT2D eigenvalue weighted by molar-refractivity contribution is 6.31. The van der Waals surface area contributed by atoms with E-state index in [-0.39, 0.29) is 0 Å². The second kappa shape index (κ2) is 5.82. The minimum absolute atomic E-state index is 0.503. The van der Waals surface area contributed by atoms with Crippen molar-refractivity contribution in [1.82, 2.24) is 14.6 Å².